The molecule has 1 aromatic rings. The van der Waals surface area contributed by atoms with E-state index >= 15 is 0 Å². The third kappa shape index (κ3) is 2.15. The van der Waals surface area contributed by atoms with Crippen molar-refractivity contribution < 1.29 is 14.3 Å². The Morgan fingerprint density at radius 2 is 1.94 bits per heavy atom. The Morgan fingerprint density at radius 1 is 1.28 bits per heavy atom. The van der Waals surface area contributed by atoms with Crippen LogP contribution in [0.2, 0.25) is 0 Å². The zero-order valence-electron chi connectivity index (χ0n) is 11.2. The summed E-state index contributed by atoms with van der Waals surface area (Å²) in [6, 6.07) is 8.30. The number of hydrogen-bond donors (Lipinski definition) is 0. The number of carbonyl (C=O) groups is 1. The van der Waals surface area contributed by atoms with Crippen LogP contribution in [0.15, 0.2) is 24.3 Å². The molecule has 0 aliphatic carbocycles. The van der Waals surface area contributed by atoms with Crippen molar-refractivity contribution in [2.45, 2.75) is 45.3 Å². The van der Waals surface area contributed by atoms with Crippen molar-refractivity contribution in [2.75, 3.05) is 6.61 Å². The first-order chi connectivity index (χ1) is 8.67. The van der Waals surface area contributed by atoms with Crippen LogP contribution in [0.4, 0.5) is 0 Å². The van der Waals surface area contributed by atoms with Crippen LogP contribution in [0.1, 0.15) is 38.3 Å². The van der Waals surface area contributed by atoms with Crippen LogP contribution in [0.3, 0.4) is 0 Å². The molecule has 0 bridgehead atoms. The van der Waals surface area contributed by atoms with Crippen LogP contribution in [0.5, 0.6) is 0 Å². The SMILES string of the molecule is CCOC(=O)C1OC1(CC)c1ccc(CC)cc1. The largest absolute Gasteiger partial charge is 0.464 e. The van der Waals surface area contributed by atoms with Gasteiger partial charge in [0.25, 0.3) is 0 Å². The summed E-state index contributed by atoms with van der Waals surface area (Å²) in [4.78, 5) is 11.7. The van der Waals surface area contributed by atoms with Crippen molar-refractivity contribution in [1.29, 1.82) is 0 Å². The highest BCUT2D eigenvalue weighted by Crippen LogP contribution is 2.49. The second kappa shape index (κ2) is 5.11. The number of hydrogen-bond acceptors (Lipinski definition) is 3. The lowest BCUT2D eigenvalue weighted by molar-refractivity contribution is -0.144. The van der Waals surface area contributed by atoms with Crippen molar-refractivity contribution >= 4 is 5.97 Å². The molecule has 2 rings (SSSR count). The number of esters is 1. The van der Waals surface area contributed by atoms with E-state index in [2.05, 4.69) is 31.2 Å². The molecule has 1 saturated heterocycles. The highest BCUT2D eigenvalue weighted by Gasteiger charge is 2.61. The zero-order valence-corrected chi connectivity index (χ0v) is 11.2. The number of epoxide rings is 1. The van der Waals surface area contributed by atoms with Gasteiger partial charge in [0.2, 0.25) is 0 Å². The van der Waals surface area contributed by atoms with Gasteiger partial charge >= 0.3 is 5.97 Å². The van der Waals surface area contributed by atoms with Crippen LogP contribution >= 0.6 is 0 Å². The standard InChI is InChI=1S/C15H20O3/c1-4-11-7-9-12(10-8-11)15(5-2)13(18-15)14(16)17-6-3/h7-10,13H,4-6H2,1-3H3. The Labute approximate surface area is 108 Å². The van der Waals surface area contributed by atoms with Gasteiger partial charge in [-0.1, -0.05) is 38.1 Å². The second-order valence-corrected chi connectivity index (χ2v) is 4.54. The number of carbonyl (C=O) groups excluding carboxylic acids is 1. The van der Waals surface area contributed by atoms with Crippen LogP contribution in [-0.4, -0.2) is 18.7 Å². The van der Waals surface area contributed by atoms with Gasteiger partial charge in [0.05, 0.1) is 6.61 Å². The minimum atomic E-state index is -0.460. The Bertz CT molecular complexity index is 424. The van der Waals surface area contributed by atoms with Gasteiger partial charge in [-0.05, 0) is 30.9 Å². The summed E-state index contributed by atoms with van der Waals surface area (Å²) >= 11 is 0. The first-order valence-electron chi connectivity index (χ1n) is 6.61. The Morgan fingerprint density at radius 3 is 2.44 bits per heavy atom. The molecular formula is C15H20O3. The Kier molecular flexibility index (Phi) is 3.71. The van der Waals surface area contributed by atoms with Gasteiger partial charge in [-0.15, -0.1) is 0 Å². The zero-order chi connectivity index (χ0) is 13.2. The third-order valence-corrected chi connectivity index (χ3v) is 3.57. The molecule has 1 heterocycles. The first kappa shape index (κ1) is 13.1. The monoisotopic (exact) mass is 248 g/mol. The van der Waals surface area contributed by atoms with Gasteiger partial charge in [0.15, 0.2) is 6.10 Å². The topological polar surface area (TPSA) is 38.8 Å². The van der Waals surface area contributed by atoms with Crippen LogP contribution in [0, 0.1) is 0 Å². The number of rotatable bonds is 5. The maximum Gasteiger partial charge on any atom is 0.338 e. The molecule has 0 aromatic heterocycles. The van der Waals surface area contributed by atoms with Gasteiger partial charge < -0.3 is 9.47 Å². The smallest absolute Gasteiger partial charge is 0.338 e. The molecule has 0 saturated carbocycles. The van der Waals surface area contributed by atoms with E-state index in [-0.39, 0.29) is 5.97 Å². The molecule has 98 valence electrons. The summed E-state index contributed by atoms with van der Waals surface area (Å²) in [5, 5.41) is 0. The second-order valence-electron chi connectivity index (χ2n) is 4.54. The molecule has 2 unspecified atom stereocenters. The molecule has 0 spiro atoms. The fourth-order valence-electron chi connectivity index (χ4n) is 2.35. The summed E-state index contributed by atoms with van der Waals surface area (Å²) in [6.07, 6.45) is 1.36. The van der Waals surface area contributed by atoms with Crippen LogP contribution in [0.25, 0.3) is 0 Å². The lowest BCUT2D eigenvalue weighted by Gasteiger charge is -2.11. The summed E-state index contributed by atoms with van der Waals surface area (Å²) in [7, 11) is 0. The van der Waals surface area contributed by atoms with Gasteiger partial charge in [0, 0.05) is 0 Å². The van der Waals surface area contributed by atoms with Crippen molar-refractivity contribution in [2.24, 2.45) is 0 Å². The van der Waals surface area contributed by atoms with E-state index < -0.39 is 11.7 Å². The number of benzene rings is 1. The summed E-state index contributed by atoms with van der Waals surface area (Å²) < 4.78 is 10.7. The van der Waals surface area contributed by atoms with Crippen molar-refractivity contribution in [1.82, 2.24) is 0 Å². The molecule has 0 N–H and O–H groups in total. The third-order valence-electron chi connectivity index (χ3n) is 3.57. The van der Waals surface area contributed by atoms with Gasteiger partial charge in [0.1, 0.15) is 5.60 Å². The first-order valence-corrected chi connectivity index (χ1v) is 6.61. The predicted molar refractivity (Wildman–Crippen MR) is 69.3 cm³/mol. The molecule has 3 heteroatoms. The van der Waals surface area contributed by atoms with Gasteiger partial charge in [-0.25, -0.2) is 4.79 Å². The van der Waals surface area contributed by atoms with E-state index in [1.54, 1.807) is 0 Å². The Hall–Kier alpha value is -1.35. The average Bonchev–Trinajstić information content (AvgIpc) is 3.15. The maximum atomic E-state index is 11.7. The summed E-state index contributed by atoms with van der Waals surface area (Å²) in [5.41, 5.74) is 1.90. The lowest BCUT2D eigenvalue weighted by Crippen LogP contribution is -2.20. The molecule has 1 fully saturated rings. The highest BCUT2D eigenvalue weighted by atomic mass is 16.7. The molecule has 0 amide bonds. The molecule has 2 atom stereocenters. The summed E-state index contributed by atoms with van der Waals surface area (Å²) in [5.74, 6) is -0.251. The van der Waals surface area contributed by atoms with E-state index in [9.17, 15) is 4.79 Å². The average molecular weight is 248 g/mol. The lowest BCUT2D eigenvalue weighted by atomic mass is 9.92. The molecule has 0 radical (unpaired) electrons. The highest BCUT2D eigenvalue weighted by molar-refractivity contribution is 5.80. The van der Waals surface area contributed by atoms with Crippen molar-refractivity contribution in [3.63, 3.8) is 0 Å². The van der Waals surface area contributed by atoms with Crippen molar-refractivity contribution in [3.8, 4) is 0 Å². The van der Waals surface area contributed by atoms with E-state index in [0.29, 0.717) is 6.61 Å². The minimum Gasteiger partial charge on any atom is -0.464 e. The maximum absolute atomic E-state index is 11.7. The van der Waals surface area contributed by atoms with E-state index in [4.69, 9.17) is 9.47 Å². The van der Waals surface area contributed by atoms with Gasteiger partial charge in [-0.3, -0.25) is 0 Å². The predicted octanol–water partition coefficient (Wildman–Crippen LogP) is 2.82. The Balaban J connectivity index is 2.17. The minimum absolute atomic E-state index is 0.251. The van der Waals surface area contributed by atoms with Crippen LogP contribution in [-0.2, 0) is 26.3 Å². The fraction of sp³-hybridized carbons (Fsp3) is 0.533. The molecule has 18 heavy (non-hydrogen) atoms. The quantitative estimate of drug-likeness (QED) is 0.594. The number of ether oxygens (including phenoxy) is 2. The fourth-order valence-corrected chi connectivity index (χ4v) is 2.35. The molecule has 1 aromatic carbocycles. The number of aryl methyl sites for hydroxylation is 1. The van der Waals surface area contributed by atoms with E-state index in [1.807, 2.05) is 13.8 Å². The van der Waals surface area contributed by atoms with Crippen LogP contribution < -0.4 is 0 Å². The van der Waals surface area contributed by atoms with E-state index in [1.165, 1.54) is 5.56 Å². The van der Waals surface area contributed by atoms with E-state index in [0.717, 1.165) is 18.4 Å². The summed E-state index contributed by atoms with van der Waals surface area (Å²) in [6.45, 7) is 6.36. The molecule has 3 nitrogen and oxygen atoms in total. The van der Waals surface area contributed by atoms with Crippen molar-refractivity contribution in [3.05, 3.63) is 35.4 Å². The molecule has 1 aliphatic heterocycles. The molecular weight excluding hydrogens is 228 g/mol. The normalized spacial score (nSPS) is 25.8. The molecule has 1 aliphatic rings. The van der Waals surface area contributed by atoms with Gasteiger partial charge in [-0.2, -0.15) is 0 Å².